The number of benzene rings is 2. The van der Waals surface area contributed by atoms with Crippen molar-refractivity contribution in [1.82, 2.24) is 4.90 Å². The van der Waals surface area contributed by atoms with Crippen molar-refractivity contribution in [2.45, 2.75) is 52.9 Å². The van der Waals surface area contributed by atoms with E-state index in [1.807, 2.05) is 57.3 Å². The van der Waals surface area contributed by atoms with Gasteiger partial charge in [0.15, 0.2) is 0 Å². The van der Waals surface area contributed by atoms with E-state index >= 15 is 0 Å². The molecule has 2 aromatic carbocycles. The van der Waals surface area contributed by atoms with E-state index in [4.69, 9.17) is 23.2 Å². The Morgan fingerprint density at radius 2 is 1.29 bits per heavy atom. The van der Waals surface area contributed by atoms with E-state index in [0.29, 0.717) is 18.8 Å². The van der Waals surface area contributed by atoms with Gasteiger partial charge < -0.3 is 19.2 Å². The zero-order valence-electron chi connectivity index (χ0n) is 23.5. The molecule has 2 unspecified atom stereocenters. The molecule has 0 aliphatic heterocycles. The molecule has 2 atom stereocenters. The highest BCUT2D eigenvalue weighted by atomic mass is 35.5. The van der Waals surface area contributed by atoms with Crippen LogP contribution >= 0.6 is 23.2 Å². The first-order chi connectivity index (χ1) is 18.0. The number of nitrogens with zero attached hydrogens (tertiary/aromatic N) is 1. The molecule has 212 valence electrons. The monoisotopic (exact) mass is 567 g/mol. The molecule has 0 fully saturated rings. The Hall–Kier alpha value is -2.41. The second-order valence-electron chi connectivity index (χ2n) is 9.29. The molecule has 2 rings (SSSR count). The van der Waals surface area contributed by atoms with Gasteiger partial charge in [0.1, 0.15) is 6.29 Å². The fourth-order valence-electron chi connectivity index (χ4n) is 3.44. The molecule has 0 saturated heterocycles. The summed E-state index contributed by atoms with van der Waals surface area (Å²) in [5, 5.41) is 1.50. The predicted molar refractivity (Wildman–Crippen MR) is 156 cm³/mol. The Kier molecular flexibility index (Phi) is 20.2. The average Bonchev–Trinajstić information content (AvgIpc) is 2.90. The molecule has 0 radical (unpaired) electrons. The lowest BCUT2D eigenvalue weighted by atomic mass is 10.0. The minimum absolute atomic E-state index is 0.0891. The SMILES string of the molecule is CC(C=O)Cc1ccc(Cl)cc1.CCCC(=O)OC.COC(=O)CCN(C)CC(C)Cc1ccc(Cl)cc1. The van der Waals surface area contributed by atoms with Gasteiger partial charge in [0.25, 0.3) is 0 Å². The first-order valence-corrected chi connectivity index (χ1v) is 13.6. The molecule has 0 aliphatic rings. The molecule has 6 nitrogen and oxygen atoms in total. The number of halogens is 2. The highest BCUT2D eigenvalue weighted by Gasteiger charge is 2.09. The molecular formula is C30H43Cl2NO5. The second kappa shape index (κ2) is 21.5. The fraction of sp³-hybridized carbons (Fsp3) is 0.500. The number of methoxy groups -OCH3 is 2. The highest BCUT2D eigenvalue weighted by molar-refractivity contribution is 6.30. The van der Waals surface area contributed by atoms with E-state index in [1.54, 1.807) is 0 Å². The van der Waals surface area contributed by atoms with Gasteiger partial charge in [-0.15, -0.1) is 0 Å². The lowest BCUT2D eigenvalue weighted by Crippen LogP contribution is -2.28. The molecule has 0 aromatic heterocycles. The largest absolute Gasteiger partial charge is 0.469 e. The smallest absolute Gasteiger partial charge is 0.306 e. The molecule has 0 N–H and O–H groups in total. The van der Waals surface area contributed by atoms with Crippen LogP contribution in [0.15, 0.2) is 48.5 Å². The van der Waals surface area contributed by atoms with Crippen molar-refractivity contribution < 1.29 is 23.9 Å². The van der Waals surface area contributed by atoms with Crippen molar-refractivity contribution in [2.24, 2.45) is 11.8 Å². The van der Waals surface area contributed by atoms with Gasteiger partial charge in [0.05, 0.1) is 20.6 Å². The third-order valence-corrected chi connectivity index (χ3v) is 5.94. The molecule has 0 spiro atoms. The number of esters is 2. The van der Waals surface area contributed by atoms with Gasteiger partial charge in [0, 0.05) is 35.5 Å². The van der Waals surface area contributed by atoms with Gasteiger partial charge >= 0.3 is 11.9 Å². The van der Waals surface area contributed by atoms with Crippen LogP contribution in [0.1, 0.15) is 51.2 Å². The van der Waals surface area contributed by atoms with Gasteiger partial charge in [-0.25, -0.2) is 0 Å². The maximum absolute atomic E-state index is 11.1. The Morgan fingerprint density at radius 3 is 1.68 bits per heavy atom. The zero-order valence-corrected chi connectivity index (χ0v) is 25.1. The van der Waals surface area contributed by atoms with Crippen LogP contribution in [-0.4, -0.2) is 57.5 Å². The highest BCUT2D eigenvalue weighted by Crippen LogP contribution is 2.14. The number of carbonyl (C=O) groups excluding carboxylic acids is 3. The lowest BCUT2D eigenvalue weighted by Gasteiger charge is -2.20. The molecular weight excluding hydrogens is 525 g/mol. The zero-order chi connectivity index (χ0) is 28.9. The van der Waals surface area contributed by atoms with Gasteiger partial charge in [-0.1, -0.05) is 68.2 Å². The summed E-state index contributed by atoms with van der Waals surface area (Å²) in [5.74, 6) is 0.342. The van der Waals surface area contributed by atoms with Crippen molar-refractivity contribution in [3.8, 4) is 0 Å². The molecule has 0 bridgehead atoms. The normalized spacial score (nSPS) is 11.7. The molecule has 0 amide bonds. The Morgan fingerprint density at radius 1 is 0.842 bits per heavy atom. The third-order valence-electron chi connectivity index (χ3n) is 5.43. The topological polar surface area (TPSA) is 72.9 Å². The quantitative estimate of drug-likeness (QED) is 0.210. The summed E-state index contributed by atoms with van der Waals surface area (Å²) >= 11 is 11.6. The van der Waals surface area contributed by atoms with Crippen LogP contribution in [0.2, 0.25) is 10.0 Å². The molecule has 38 heavy (non-hydrogen) atoms. The molecule has 0 saturated carbocycles. The van der Waals surface area contributed by atoms with Crippen LogP contribution in [0.4, 0.5) is 0 Å². The van der Waals surface area contributed by atoms with Crippen LogP contribution in [0.5, 0.6) is 0 Å². The third kappa shape index (κ3) is 18.8. The maximum atomic E-state index is 11.1. The number of ether oxygens (including phenoxy) is 2. The number of rotatable bonds is 12. The second-order valence-corrected chi connectivity index (χ2v) is 10.2. The van der Waals surface area contributed by atoms with E-state index < -0.39 is 0 Å². The van der Waals surface area contributed by atoms with E-state index in [-0.39, 0.29) is 17.9 Å². The van der Waals surface area contributed by atoms with Crippen LogP contribution in [-0.2, 0) is 36.7 Å². The summed E-state index contributed by atoms with van der Waals surface area (Å²) in [6.07, 6.45) is 4.62. The van der Waals surface area contributed by atoms with Crippen molar-refractivity contribution in [3.63, 3.8) is 0 Å². The van der Waals surface area contributed by atoms with Gasteiger partial charge in [-0.2, -0.15) is 0 Å². The number of hydrogen-bond acceptors (Lipinski definition) is 6. The Bertz CT molecular complexity index is 919. The minimum Gasteiger partial charge on any atom is -0.469 e. The summed E-state index contributed by atoms with van der Waals surface area (Å²) in [5.41, 5.74) is 2.44. The summed E-state index contributed by atoms with van der Waals surface area (Å²) in [4.78, 5) is 33.8. The molecule has 2 aromatic rings. The maximum Gasteiger partial charge on any atom is 0.306 e. The van der Waals surface area contributed by atoms with Crippen LogP contribution in [0, 0.1) is 11.8 Å². The first-order valence-electron chi connectivity index (χ1n) is 12.8. The van der Waals surface area contributed by atoms with Crippen LogP contribution in [0.25, 0.3) is 0 Å². The van der Waals surface area contributed by atoms with E-state index in [2.05, 4.69) is 33.4 Å². The molecule has 0 aliphatic carbocycles. The number of hydrogen-bond donors (Lipinski definition) is 0. The van der Waals surface area contributed by atoms with Crippen molar-refractivity contribution in [3.05, 3.63) is 69.7 Å². The van der Waals surface area contributed by atoms with Crippen molar-refractivity contribution in [1.29, 1.82) is 0 Å². The molecule has 8 heteroatoms. The number of carbonyl (C=O) groups is 3. The van der Waals surface area contributed by atoms with Crippen LogP contribution < -0.4 is 0 Å². The fourth-order valence-corrected chi connectivity index (χ4v) is 3.69. The standard InChI is InChI=1S/C15H22ClNO2.C10H11ClO.C5H10O2/c1-12(10-13-4-6-14(16)7-5-13)11-17(2)9-8-15(18)19-3;1-8(7-12)6-9-2-4-10(11)5-3-9;1-3-4-5(6)7-2/h4-7,12H,8-11H2,1-3H3;2-5,7-8H,6H2,1H3;3-4H2,1-2H3. The Balaban J connectivity index is 0.000000612. The van der Waals surface area contributed by atoms with E-state index in [1.165, 1.54) is 19.8 Å². The Labute approximate surface area is 238 Å². The van der Waals surface area contributed by atoms with Gasteiger partial charge in [0.2, 0.25) is 0 Å². The van der Waals surface area contributed by atoms with Crippen molar-refractivity contribution >= 4 is 41.4 Å². The average molecular weight is 569 g/mol. The summed E-state index contributed by atoms with van der Waals surface area (Å²) in [6.45, 7) is 7.75. The minimum atomic E-state index is -0.155. The number of aldehydes is 1. The van der Waals surface area contributed by atoms with E-state index in [0.717, 1.165) is 54.2 Å². The summed E-state index contributed by atoms with van der Waals surface area (Å²) in [6, 6.07) is 15.5. The summed E-state index contributed by atoms with van der Waals surface area (Å²) < 4.78 is 8.99. The van der Waals surface area contributed by atoms with Crippen LogP contribution in [0.3, 0.4) is 0 Å². The van der Waals surface area contributed by atoms with Gasteiger partial charge in [-0.05, 0) is 67.6 Å². The molecule has 0 heterocycles. The first kappa shape index (κ1) is 35.6. The summed E-state index contributed by atoms with van der Waals surface area (Å²) in [7, 11) is 4.85. The van der Waals surface area contributed by atoms with Gasteiger partial charge in [-0.3, -0.25) is 9.59 Å². The van der Waals surface area contributed by atoms with Crippen molar-refractivity contribution in [2.75, 3.05) is 34.4 Å². The predicted octanol–water partition coefficient (Wildman–Crippen LogP) is 6.69. The lowest BCUT2D eigenvalue weighted by molar-refractivity contribution is -0.141. The van der Waals surface area contributed by atoms with E-state index in [9.17, 15) is 14.4 Å².